The van der Waals surface area contributed by atoms with Crippen LogP contribution < -0.4 is 14.8 Å². The normalized spacial score (nSPS) is 18.7. The molecule has 5 rings (SSSR count). The molecule has 2 aliphatic rings. The molecule has 0 saturated heterocycles. The monoisotopic (exact) mass is 528 g/mol. The molecule has 0 aliphatic carbocycles. The lowest BCUT2D eigenvalue weighted by atomic mass is 9.98. The molecule has 8 nitrogen and oxygen atoms in total. The van der Waals surface area contributed by atoms with E-state index in [0.29, 0.717) is 28.8 Å². The molecule has 0 fully saturated rings. The Hall–Kier alpha value is -4.11. The summed E-state index contributed by atoms with van der Waals surface area (Å²) in [6.07, 6.45) is 0.639. The summed E-state index contributed by atoms with van der Waals surface area (Å²) in [5, 5.41) is 9.42. The number of methoxy groups -OCH3 is 2. The number of thioether (sulfide) groups is 1. The zero-order valence-electron chi connectivity index (χ0n) is 21.4. The Morgan fingerprint density at radius 3 is 2.47 bits per heavy atom. The zero-order chi connectivity index (χ0) is 26.6. The predicted octanol–water partition coefficient (Wildman–Crippen LogP) is 5.19. The second-order valence-electron chi connectivity index (χ2n) is 9.05. The van der Waals surface area contributed by atoms with E-state index in [2.05, 4.69) is 10.3 Å². The molecule has 38 heavy (non-hydrogen) atoms. The van der Waals surface area contributed by atoms with Gasteiger partial charge in [-0.15, -0.1) is 0 Å². The fraction of sp³-hybridized carbons (Fsp3) is 0.241. The van der Waals surface area contributed by atoms with Gasteiger partial charge >= 0.3 is 0 Å². The molecular weight excluding hydrogens is 500 g/mol. The summed E-state index contributed by atoms with van der Waals surface area (Å²) in [5.41, 5.74) is 4.65. The van der Waals surface area contributed by atoms with Gasteiger partial charge in [0.2, 0.25) is 5.91 Å². The standard InChI is InChI=1S/C29H28N4O4S/c1-18-9-12-21(13-10-18)30-27(34)17-26-28(35)31-29(38-26)33-23(16-22(32-33)19-7-5-4-6-8-19)20-11-14-24(36-2)25(15-20)37-3/h4-15,23,26H,16-17H2,1-3H3,(H,30,34)/t23-,26-/m1/s1. The molecule has 9 heteroatoms. The highest BCUT2D eigenvalue weighted by molar-refractivity contribution is 8.15. The number of nitrogens with zero attached hydrogens (tertiary/aromatic N) is 3. The predicted molar refractivity (Wildman–Crippen MR) is 150 cm³/mol. The molecule has 0 aromatic heterocycles. The number of benzene rings is 3. The fourth-order valence-corrected chi connectivity index (χ4v) is 5.49. The number of ether oxygens (including phenoxy) is 2. The van der Waals surface area contributed by atoms with E-state index in [4.69, 9.17) is 14.6 Å². The first-order valence-corrected chi connectivity index (χ1v) is 13.1. The first-order chi connectivity index (χ1) is 18.4. The minimum Gasteiger partial charge on any atom is -0.493 e. The van der Waals surface area contributed by atoms with Gasteiger partial charge in [-0.1, -0.05) is 65.9 Å². The molecule has 194 valence electrons. The first-order valence-electron chi connectivity index (χ1n) is 12.2. The summed E-state index contributed by atoms with van der Waals surface area (Å²) < 4.78 is 10.9. The highest BCUT2D eigenvalue weighted by Crippen LogP contribution is 2.41. The van der Waals surface area contributed by atoms with Crippen molar-refractivity contribution in [1.82, 2.24) is 5.01 Å². The highest BCUT2D eigenvalue weighted by atomic mass is 32.2. The van der Waals surface area contributed by atoms with E-state index in [0.717, 1.165) is 22.4 Å². The van der Waals surface area contributed by atoms with Crippen LogP contribution in [0.5, 0.6) is 11.5 Å². The molecule has 0 saturated carbocycles. The van der Waals surface area contributed by atoms with Gasteiger partial charge in [0.1, 0.15) is 5.25 Å². The van der Waals surface area contributed by atoms with Gasteiger partial charge in [0.25, 0.3) is 5.91 Å². The molecule has 2 heterocycles. The Morgan fingerprint density at radius 1 is 1.03 bits per heavy atom. The van der Waals surface area contributed by atoms with Crippen LogP contribution in [-0.4, -0.2) is 47.2 Å². The second kappa shape index (κ2) is 11.1. The second-order valence-corrected chi connectivity index (χ2v) is 10.2. The Balaban J connectivity index is 1.37. The van der Waals surface area contributed by atoms with Gasteiger partial charge in [0.15, 0.2) is 16.7 Å². The summed E-state index contributed by atoms with van der Waals surface area (Å²) in [4.78, 5) is 29.9. The average Bonchev–Trinajstić information content (AvgIpc) is 3.54. The molecule has 0 spiro atoms. The van der Waals surface area contributed by atoms with Gasteiger partial charge in [-0.3, -0.25) is 9.59 Å². The number of hydrazone groups is 1. The first kappa shape index (κ1) is 25.5. The lowest BCUT2D eigenvalue weighted by Gasteiger charge is -2.24. The lowest BCUT2D eigenvalue weighted by Crippen LogP contribution is -2.25. The SMILES string of the molecule is COc1ccc([C@H]2CC(c3ccccc3)=NN2C2=NC(=O)[C@@H](CC(=O)Nc3ccc(C)cc3)S2)cc1OC. The maximum Gasteiger partial charge on any atom is 0.262 e. The largest absolute Gasteiger partial charge is 0.493 e. The van der Waals surface area contributed by atoms with Gasteiger partial charge in [-0.05, 0) is 42.3 Å². The van der Waals surface area contributed by atoms with Crippen LogP contribution in [0.25, 0.3) is 0 Å². The fourth-order valence-electron chi connectivity index (χ4n) is 4.43. The van der Waals surface area contributed by atoms with Crippen LogP contribution in [0.2, 0.25) is 0 Å². The van der Waals surface area contributed by atoms with Gasteiger partial charge in [0.05, 0.1) is 26.0 Å². The number of aryl methyl sites for hydroxylation is 1. The quantitative estimate of drug-likeness (QED) is 0.454. The van der Waals surface area contributed by atoms with Crippen LogP contribution in [0, 0.1) is 6.92 Å². The van der Waals surface area contributed by atoms with Crippen LogP contribution >= 0.6 is 11.8 Å². The number of carbonyl (C=O) groups is 2. The Kier molecular flexibility index (Phi) is 7.46. The lowest BCUT2D eigenvalue weighted by molar-refractivity contribution is -0.121. The molecular formula is C29H28N4O4S. The van der Waals surface area contributed by atoms with E-state index in [1.807, 2.05) is 79.7 Å². The topological polar surface area (TPSA) is 92.6 Å². The van der Waals surface area contributed by atoms with Crippen molar-refractivity contribution < 1.29 is 19.1 Å². The summed E-state index contributed by atoms with van der Waals surface area (Å²) in [6, 6.07) is 23.0. The molecule has 2 atom stereocenters. The average molecular weight is 529 g/mol. The molecule has 2 aliphatic heterocycles. The summed E-state index contributed by atoms with van der Waals surface area (Å²) in [6.45, 7) is 1.98. The van der Waals surface area contributed by atoms with Crippen molar-refractivity contribution in [1.29, 1.82) is 0 Å². The van der Waals surface area contributed by atoms with Crippen molar-refractivity contribution in [2.45, 2.75) is 31.1 Å². The van der Waals surface area contributed by atoms with E-state index in [1.165, 1.54) is 11.8 Å². The highest BCUT2D eigenvalue weighted by Gasteiger charge is 2.39. The van der Waals surface area contributed by atoms with Crippen molar-refractivity contribution in [2.24, 2.45) is 10.1 Å². The molecule has 3 aromatic rings. The maximum absolute atomic E-state index is 12.9. The molecule has 3 aromatic carbocycles. The van der Waals surface area contributed by atoms with Gasteiger partial charge in [-0.2, -0.15) is 10.1 Å². The van der Waals surface area contributed by atoms with Crippen LogP contribution in [0.4, 0.5) is 5.69 Å². The number of hydrogen-bond acceptors (Lipinski definition) is 7. The van der Waals surface area contributed by atoms with E-state index in [9.17, 15) is 9.59 Å². The van der Waals surface area contributed by atoms with Crippen molar-refractivity contribution in [3.05, 3.63) is 89.5 Å². The number of rotatable bonds is 7. The Bertz CT molecular complexity index is 1410. The van der Waals surface area contributed by atoms with E-state index < -0.39 is 5.25 Å². The Labute approximate surface area is 225 Å². The van der Waals surface area contributed by atoms with E-state index in [-0.39, 0.29) is 24.3 Å². The summed E-state index contributed by atoms with van der Waals surface area (Å²) >= 11 is 1.27. The third-order valence-corrected chi connectivity index (χ3v) is 7.58. The van der Waals surface area contributed by atoms with Crippen LogP contribution in [-0.2, 0) is 9.59 Å². The molecule has 0 unspecified atom stereocenters. The minimum absolute atomic E-state index is 0.0223. The number of nitrogens with one attached hydrogen (secondary N) is 1. The number of amidine groups is 1. The third-order valence-electron chi connectivity index (χ3n) is 6.44. The van der Waals surface area contributed by atoms with E-state index in [1.54, 1.807) is 19.2 Å². The minimum atomic E-state index is -0.613. The molecule has 1 N–H and O–H groups in total. The van der Waals surface area contributed by atoms with E-state index >= 15 is 0 Å². The van der Waals surface area contributed by atoms with Crippen molar-refractivity contribution >= 4 is 40.1 Å². The summed E-state index contributed by atoms with van der Waals surface area (Å²) in [5.74, 6) is 0.675. The zero-order valence-corrected chi connectivity index (χ0v) is 22.2. The molecule has 0 radical (unpaired) electrons. The van der Waals surface area contributed by atoms with Crippen molar-refractivity contribution in [3.63, 3.8) is 0 Å². The van der Waals surface area contributed by atoms with Gasteiger partial charge in [-0.25, -0.2) is 5.01 Å². The van der Waals surface area contributed by atoms with Gasteiger partial charge < -0.3 is 14.8 Å². The summed E-state index contributed by atoms with van der Waals surface area (Å²) in [7, 11) is 3.20. The maximum atomic E-state index is 12.9. The Morgan fingerprint density at radius 2 is 1.76 bits per heavy atom. The number of anilines is 1. The van der Waals surface area contributed by atoms with Gasteiger partial charge in [0, 0.05) is 18.5 Å². The molecule has 0 bridgehead atoms. The smallest absolute Gasteiger partial charge is 0.262 e. The number of carbonyl (C=O) groups excluding carboxylic acids is 2. The van der Waals surface area contributed by atoms with Crippen LogP contribution in [0.3, 0.4) is 0 Å². The van der Waals surface area contributed by atoms with Crippen LogP contribution in [0.15, 0.2) is 82.9 Å². The van der Waals surface area contributed by atoms with Crippen molar-refractivity contribution in [2.75, 3.05) is 19.5 Å². The third kappa shape index (κ3) is 5.43. The van der Waals surface area contributed by atoms with Crippen molar-refractivity contribution in [3.8, 4) is 11.5 Å². The number of aliphatic imine (C=N–C) groups is 1. The number of hydrogen-bond donors (Lipinski definition) is 1. The number of amides is 2. The molecule has 2 amide bonds. The van der Waals surface area contributed by atoms with Crippen LogP contribution in [0.1, 0.15) is 35.6 Å².